The summed E-state index contributed by atoms with van der Waals surface area (Å²) < 4.78 is 30.3. The van der Waals surface area contributed by atoms with Crippen LogP contribution in [-0.2, 0) is 16.4 Å². The smallest absolute Gasteiger partial charge is 0.251 e. The number of hydrogen-bond donors (Lipinski definition) is 1. The molecule has 1 amide bonds. The summed E-state index contributed by atoms with van der Waals surface area (Å²) in [5.74, 6) is 0.700. The number of hydrogen-bond acceptors (Lipinski definition) is 4. The van der Waals surface area contributed by atoms with Gasteiger partial charge in [-0.1, -0.05) is 18.2 Å². The highest BCUT2D eigenvalue weighted by Crippen LogP contribution is 2.19. The van der Waals surface area contributed by atoms with Crippen LogP contribution in [0.1, 0.15) is 29.3 Å². The van der Waals surface area contributed by atoms with Crippen LogP contribution in [0.15, 0.2) is 48.5 Å². The molecule has 2 rings (SSSR count). The van der Waals surface area contributed by atoms with E-state index >= 15 is 0 Å². The molecule has 0 spiro atoms. The third-order valence-corrected chi connectivity index (χ3v) is 6.15. The van der Waals surface area contributed by atoms with E-state index in [0.29, 0.717) is 17.8 Å². The van der Waals surface area contributed by atoms with Crippen LogP contribution in [0.4, 0.5) is 5.69 Å². The van der Waals surface area contributed by atoms with Crippen LogP contribution < -0.4 is 14.4 Å². The van der Waals surface area contributed by atoms with Crippen LogP contribution in [0.2, 0.25) is 0 Å². The first-order valence-electron chi connectivity index (χ1n) is 8.85. The molecule has 0 aromatic heterocycles. The Bertz CT molecular complexity index is 864. The van der Waals surface area contributed by atoms with E-state index in [1.165, 1.54) is 11.4 Å². The van der Waals surface area contributed by atoms with Gasteiger partial charge in [0.15, 0.2) is 0 Å². The number of nitrogens with one attached hydrogen (secondary N) is 1. The topological polar surface area (TPSA) is 75.7 Å². The number of aryl methyl sites for hydroxylation is 1. The van der Waals surface area contributed by atoms with Crippen LogP contribution in [0.3, 0.4) is 0 Å². The average Bonchev–Trinajstić information content (AvgIpc) is 2.70. The molecule has 6 nitrogen and oxygen atoms in total. The number of carbonyl (C=O) groups is 1. The molecule has 0 unspecified atom stereocenters. The summed E-state index contributed by atoms with van der Waals surface area (Å²) in [6.45, 7) is 2.14. The zero-order valence-electron chi connectivity index (χ0n) is 15.9. The zero-order chi connectivity index (χ0) is 19.9. The zero-order valence-corrected chi connectivity index (χ0v) is 16.8. The molecule has 0 radical (unpaired) electrons. The Morgan fingerprint density at radius 2 is 1.78 bits per heavy atom. The molecule has 0 bridgehead atoms. The molecular weight excluding hydrogens is 364 g/mol. The molecule has 2 aromatic carbocycles. The van der Waals surface area contributed by atoms with E-state index in [1.807, 2.05) is 24.3 Å². The third-order valence-electron chi connectivity index (χ3n) is 4.38. The molecule has 0 heterocycles. The largest absolute Gasteiger partial charge is 0.496 e. The molecule has 0 aliphatic heterocycles. The van der Waals surface area contributed by atoms with Crippen LogP contribution in [-0.4, -0.2) is 40.8 Å². The van der Waals surface area contributed by atoms with Gasteiger partial charge in [-0.3, -0.25) is 9.10 Å². The summed E-state index contributed by atoms with van der Waals surface area (Å²) >= 11 is 0. The van der Waals surface area contributed by atoms with Gasteiger partial charge in [0, 0.05) is 19.2 Å². The van der Waals surface area contributed by atoms with Crippen LogP contribution in [0.5, 0.6) is 5.75 Å². The Kier molecular flexibility index (Phi) is 7.24. The number of rotatable bonds is 9. The number of sulfonamides is 1. The molecular formula is C20H26N2O4S. The number of anilines is 1. The lowest BCUT2D eigenvalue weighted by molar-refractivity contribution is 0.0953. The molecule has 0 saturated heterocycles. The SMILES string of the molecule is CCS(=O)(=O)N(C)c1ccc(C(=O)NCCCc2ccccc2OC)cc1. The van der Waals surface area contributed by atoms with Gasteiger partial charge in [-0.2, -0.15) is 0 Å². The monoisotopic (exact) mass is 390 g/mol. The summed E-state index contributed by atoms with van der Waals surface area (Å²) in [4.78, 5) is 12.2. The van der Waals surface area contributed by atoms with Gasteiger partial charge in [0.05, 0.1) is 18.6 Å². The van der Waals surface area contributed by atoms with Gasteiger partial charge in [0.2, 0.25) is 10.0 Å². The number of amides is 1. The van der Waals surface area contributed by atoms with Crippen molar-refractivity contribution in [2.75, 3.05) is 30.8 Å². The first-order valence-corrected chi connectivity index (χ1v) is 10.5. The van der Waals surface area contributed by atoms with E-state index in [-0.39, 0.29) is 11.7 Å². The normalized spacial score (nSPS) is 11.1. The second-order valence-electron chi connectivity index (χ2n) is 6.09. The molecule has 1 N–H and O–H groups in total. The fraction of sp³-hybridized carbons (Fsp3) is 0.350. The molecule has 7 heteroatoms. The van der Waals surface area contributed by atoms with Gasteiger partial charge < -0.3 is 10.1 Å². The molecule has 0 aliphatic carbocycles. The Hall–Kier alpha value is -2.54. The highest BCUT2D eigenvalue weighted by Gasteiger charge is 2.16. The molecule has 2 aromatic rings. The number of para-hydroxylation sites is 1. The number of carbonyl (C=O) groups excluding carboxylic acids is 1. The fourth-order valence-corrected chi connectivity index (χ4v) is 3.50. The number of methoxy groups -OCH3 is 1. The Balaban J connectivity index is 1.87. The Morgan fingerprint density at radius 3 is 2.41 bits per heavy atom. The molecule has 27 heavy (non-hydrogen) atoms. The summed E-state index contributed by atoms with van der Waals surface area (Å²) in [5.41, 5.74) is 2.14. The van der Waals surface area contributed by atoms with Gasteiger partial charge in [0.1, 0.15) is 5.75 Å². The molecule has 0 aliphatic rings. The summed E-state index contributed by atoms with van der Waals surface area (Å²) in [5, 5.41) is 2.89. The van der Waals surface area contributed by atoms with Crippen molar-refractivity contribution in [1.82, 2.24) is 5.32 Å². The highest BCUT2D eigenvalue weighted by molar-refractivity contribution is 7.92. The van der Waals surface area contributed by atoms with Crippen molar-refractivity contribution >= 4 is 21.6 Å². The lowest BCUT2D eigenvalue weighted by atomic mass is 10.1. The van der Waals surface area contributed by atoms with E-state index in [1.54, 1.807) is 38.3 Å². The van der Waals surface area contributed by atoms with E-state index in [4.69, 9.17) is 4.74 Å². The molecule has 0 fully saturated rings. The first kappa shape index (κ1) is 20.8. The van der Waals surface area contributed by atoms with Gasteiger partial charge in [-0.15, -0.1) is 0 Å². The van der Waals surface area contributed by atoms with E-state index in [9.17, 15) is 13.2 Å². The maximum absolute atomic E-state index is 12.2. The van der Waals surface area contributed by atoms with Crippen molar-refractivity contribution in [3.05, 3.63) is 59.7 Å². The minimum atomic E-state index is -3.31. The molecule has 0 atom stereocenters. The van der Waals surface area contributed by atoms with E-state index < -0.39 is 10.0 Å². The number of benzene rings is 2. The van der Waals surface area contributed by atoms with Crippen molar-refractivity contribution in [3.63, 3.8) is 0 Å². The fourth-order valence-electron chi connectivity index (χ4n) is 2.67. The minimum Gasteiger partial charge on any atom is -0.496 e. The predicted molar refractivity (Wildman–Crippen MR) is 108 cm³/mol. The number of nitrogens with zero attached hydrogens (tertiary/aromatic N) is 1. The lowest BCUT2D eigenvalue weighted by Crippen LogP contribution is -2.28. The minimum absolute atomic E-state index is 0.0257. The molecule has 0 saturated carbocycles. The standard InChI is InChI=1S/C20H26N2O4S/c1-4-27(24,25)22(2)18-13-11-17(12-14-18)20(23)21-15-7-9-16-8-5-6-10-19(16)26-3/h5-6,8,10-14H,4,7,9,15H2,1-3H3,(H,21,23). The van der Waals surface area contributed by atoms with Crippen LogP contribution in [0, 0.1) is 0 Å². The lowest BCUT2D eigenvalue weighted by Gasteiger charge is -2.18. The van der Waals surface area contributed by atoms with E-state index in [0.717, 1.165) is 24.2 Å². The predicted octanol–water partition coefficient (Wildman–Crippen LogP) is 2.84. The quantitative estimate of drug-likeness (QED) is 0.668. The summed E-state index contributed by atoms with van der Waals surface area (Å²) in [6.07, 6.45) is 1.60. The average molecular weight is 391 g/mol. The van der Waals surface area contributed by atoms with E-state index in [2.05, 4.69) is 5.32 Å². The van der Waals surface area contributed by atoms with Crippen molar-refractivity contribution < 1.29 is 17.9 Å². The van der Waals surface area contributed by atoms with Gasteiger partial charge in [0.25, 0.3) is 5.91 Å². The maximum atomic E-state index is 12.2. The maximum Gasteiger partial charge on any atom is 0.251 e. The third kappa shape index (κ3) is 5.47. The van der Waals surface area contributed by atoms with Gasteiger partial charge in [-0.05, 0) is 55.7 Å². The van der Waals surface area contributed by atoms with Crippen molar-refractivity contribution in [3.8, 4) is 5.75 Å². The summed E-state index contributed by atoms with van der Waals surface area (Å²) in [6, 6.07) is 14.4. The van der Waals surface area contributed by atoms with Crippen LogP contribution in [0.25, 0.3) is 0 Å². The van der Waals surface area contributed by atoms with Crippen molar-refractivity contribution in [2.45, 2.75) is 19.8 Å². The summed E-state index contributed by atoms with van der Waals surface area (Å²) in [7, 11) is -0.160. The van der Waals surface area contributed by atoms with Crippen molar-refractivity contribution in [1.29, 1.82) is 0 Å². The Morgan fingerprint density at radius 1 is 1.11 bits per heavy atom. The van der Waals surface area contributed by atoms with Crippen molar-refractivity contribution in [2.24, 2.45) is 0 Å². The van der Waals surface area contributed by atoms with Gasteiger partial charge >= 0.3 is 0 Å². The van der Waals surface area contributed by atoms with Crippen LogP contribution >= 0.6 is 0 Å². The molecule has 146 valence electrons. The number of ether oxygens (including phenoxy) is 1. The second-order valence-corrected chi connectivity index (χ2v) is 8.38. The second kappa shape index (κ2) is 9.41. The Labute approximate surface area is 161 Å². The van der Waals surface area contributed by atoms with Gasteiger partial charge in [-0.25, -0.2) is 8.42 Å². The first-order chi connectivity index (χ1) is 12.9. The highest BCUT2D eigenvalue weighted by atomic mass is 32.2.